The number of aromatic nitrogens is 2. The van der Waals surface area contributed by atoms with E-state index in [1.54, 1.807) is 6.07 Å². The summed E-state index contributed by atoms with van der Waals surface area (Å²) in [5.41, 5.74) is 13.0. The van der Waals surface area contributed by atoms with Crippen LogP contribution < -0.4 is 17.2 Å². The van der Waals surface area contributed by atoms with Gasteiger partial charge in [0.15, 0.2) is 0 Å². The van der Waals surface area contributed by atoms with E-state index in [-0.39, 0.29) is 11.3 Å². The minimum absolute atomic E-state index is 0.150. The third-order valence-corrected chi connectivity index (χ3v) is 3.45. The van der Waals surface area contributed by atoms with E-state index >= 15 is 0 Å². The maximum atomic E-state index is 11.5. The Hall–Kier alpha value is -2.90. The number of rotatable bonds is 4. The van der Waals surface area contributed by atoms with Crippen LogP contribution >= 0.6 is 0 Å². The van der Waals surface area contributed by atoms with E-state index in [1.165, 1.54) is 22.3 Å². The Bertz CT molecular complexity index is 868. The van der Waals surface area contributed by atoms with Crippen LogP contribution in [0.5, 0.6) is 0 Å². The van der Waals surface area contributed by atoms with E-state index in [4.69, 9.17) is 16.6 Å². The summed E-state index contributed by atoms with van der Waals surface area (Å²) >= 11 is 0. The Kier molecular flexibility index (Phi) is 5.89. The van der Waals surface area contributed by atoms with Crippen molar-refractivity contribution in [3.63, 3.8) is 0 Å². The fraction of sp³-hybridized carbons (Fsp3) is 0.176. The van der Waals surface area contributed by atoms with Gasteiger partial charge in [-0.1, -0.05) is 30.3 Å². The number of aromatic amines is 1. The molecule has 0 amide bonds. The Balaban J connectivity index is 0.000000219. The number of nitrogens with one attached hydrogen (secondary N) is 1. The first-order chi connectivity index (χ1) is 11.6. The molecule has 0 radical (unpaired) electrons. The maximum absolute atomic E-state index is 11.5. The predicted octanol–water partition coefficient (Wildman–Crippen LogP) is 1.13. The van der Waals surface area contributed by atoms with Crippen LogP contribution in [0.2, 0.25) is 0 Å². The van der Waals surface area contributed by atoms with Crippen LogP contribution in [0.25, 0.3) is 11.0 Å². The van der Waals surface area contributed by atoms with Crippen LogP contribution in [-0.2, 0) is 13.1 Å². The summed E-state index contributed by atoms with van der Waals surface area (Å²) < 4.78 is 1.43. The number of H-pyrrole nitrogens is 1. The van der Waals surface area contributed by atoms with Gasteiger partial charge in [0, 0.05) is 19.6 Å². The zero-order valence-electron chi connectivity index (χ0n) is 13.1. The molecule has 7 heteroatoms. The van der Waals surface area contributed by atoms with Crippen LogP contribution in [0.3, 0.4) is 0 Å². The minimum Gasteiger partial charge on any atom is -0.478 e. The number of nitrogens with zero attached hydrogens (tertiary/aromatic N) is 1. The molecule has 0 saturated heterocycles. The Morgan fingerprint density at radius 2 is 1.83 bits per heavy atom. The first-order valence-corrected chi connectivity index (χ1v) is 7.46. The van der Waals surface area contributed by atoms with Gasteiger partial charge < -0.3 is 21.6 Å². The molecule has 1 aromatic heterocycles. The highest BCUT2D eigenvalue weighted by Gasteiger charge is 2.09. The zero-order valence-corrected chi connectivity index (χ0v) is 13.1. The van der Waals surface area contributed by atoms with Crippen LogP contribution in [-0.4, -0.2) is 27.2 Å². The average molecular weight is 328 g/mol. The third kappa shape index (κ3) is 4.09. The van der Waals surface area contributed by atoms with E-state index in [1.807, 2.05) is 30.3 Å². The van der Waals surface area contributed by atoms with Crippen molar-refractivity contribution in [2.75, 3.05) is 6.54 Å². The zero-order chi connectivity index (χ0) is 17.5. The molecule has 0 bridgehead atoms. The normalized spacial score (nSPS) is 10.2. The number of carboxylic acids is 1. The summed E-state index contributed by atoms with van der Waals surface area (Å²) in [5.74, 6) is -1.02. The van der Waals surface area contributed by atoms with Gasteiger partial charge in [-0.05, 0) is 23.8 Å². The molecule has 0 fully saturated rings. The number of hydrogen-bond acceptors (Lipinski definition) is 4. The second kappa shape index (κ2) is 8.09. The molecule has 7 nitrogen and oxygen atoms in total. The van der Waals surface area contributed by atoms with Crippen LogP contribution in [0.4, 0.5) is 0 Å². The quantitative estimate of drug-likeness (QED) is 0.571. The van der Waals surface area contributed by atoms with Gasteiger partial charge in [0.1, 0.15) is 0 Å². The Morgan fingerprint density at radius 1 is 1.12 bits per heavy atom. The van der Waals surface area contributed by atoms with Gasteiger partial charge >= 0.3 is 11.7 Å². The van der Waals surface area contributed by atoms with Crippen molar-refractivity contribution in [1.82, 2.24) is 9.55 Å². The lowest BCUT2D eigenvalue weighted by molar-refractivity contribution is 0.0697. The highest BCUT2D eigenvalue weighted by Crippen LogP contribution is 2.12. The molecule has 6 N–H and O–H groups in total. The molecule has 0 spiro atoms. The maximum Gasteiger partial charge on any atom is 0.335 e. The van der Waals surface area contributed by atoms with E-state index in [0.717, 1.165) is 0 Å². The lowest BCUT2D eigenvalue weighted by Gasteiger charge is -2.00. The number of nitrogens with two attached hydrogens (primary N) is 2. The highest BCUT2D eigenvalue weighted by atomic mass is 16.4. The summed E-state index contributed by atoms with van der Waals surface area (Å²) in [6.07, 6.45) is 0. The Morgan fingerprint density at radius 3 is 2.38 bits per heavy atom. The van der Waals surface area contributed by atoms with Crippen LogP contribution in [0.15, 0.2) is 53.3 Å². The van der Waals surface area contributed by atoms with Crippen LogP contribution in [0.1, 0.15) is 15.9 Å². The van der Waals surface area contributed by atoms with Crippen molar-refractivity contribution in [3.8, 4) is 0 Å². The van der Waals surface area contributed by atoms with Crippen molar-refractivity contribution in [3.05, 3.63) is 70.1 Å². The monoisotopic (exact) mass is 328 g/mol. The van der Waals surface area contributed by atoms with Crippen molar-refractivity contribution in [2.45, 2.75) is 13.1 Å². The summed E-state index contributed by atoms with van der Waals surface area (Å²) in [7, 11) is 0. The van der Waals surface area contributed by atoms with Gasteiger partial charge in [-0.2, -0.15) is 0 Å². The second-order valence-electron chi connectivity index (χ2n) is 5.10. The van der Waals surface area contributed by atoms with Gasteiger partial charge in [-0.3, -0.25) is 4.57 Å². The number of fused-ring (bicyclic) bond motifs is 1. The number of carboxylic acid groups (broad SMARTS) is 1. The predicted molar refractivity (Wildman–Crippen MR) is 92.9 cm³/mol. The number of benzene rings is 2. The molecule has 0 atom stereocenters. The summed E-state index contributed by atoms with van der Waals surface area (Å²) in [6, 6.07) is 14.5. The number of imidazole rings is 1. The third-order valence-electron chi connectivity index (χ3n) is 3.45. The molecule has 3 rings (SSSR count). The Labute approximate surface area is 138 Å². The summed E-state index contributed by atoms with van der Waals surface area (Å²) in [6.45, 7) is 1.33. The lowest BCUT2D eigenvalue weighted by atomic mass is 10.2. The van der Waals surface area contributed by atoms with Gasteiger partial charge in [-0.25, -0.2) is 9.59 Å². The van der Waals surface area contributed by atoms with Crippen molar-refractivity contribution < 1.29 is 9.90 Å². The standard InChI is InChI=1S/C10H11N3O3.C7H9N/c11-3-4-13-8-5-6(9(14)15)1-2-7(8)12-10(13)16;8-6-7-4-2-1-3-5-7/h1-2,5H,3-4,11H2,(H,12,16)(H,14,15);1-5H,6,8H2. The molecular weight excluding hydrogens is 308 g/mol. The van der Waals surface area contributed by atoms with E-state index < -0.39 is 5.97 Å². The van der Waals surface area contributed by atoms with E-state index in [2.05, 4.69) is 4.98 Å². The SMILES string of the molecule is NCCn1c(=O)[nH]c2ccc(C(=O)O)cc21.NCc1ccccc1. The molecule has 3 aromatic rings. The summed E-state index contributed by atoms with van der Waals surface area (Å²) in [4.78, 5) is 24.9. The highest BCUT2D eigenvalue weighted by molar-refractivity contribution is 5.92. The number of carbonyl (C=O) groups is 1. The molecule has 0 aliphatic carbocycles. The van der Waals surface area contributed by atoms with Crippen molar-refractivity contribution in [2.24, 2.45) is 11.5 Å². The van der Waals surface area contributed by atoms with Crippen molar-refractivity contribution >= 4 is 17.0 Å². The lowest BCUT2D eigenvalue weighted by Crippen LogP contribution is -2.21. The van der Waals surface area contributed by atoms with Gasteiger partial charge in [-0.15, -0.1) is 0 Å². The first-order valence-electron chi connectivity index (χ1n) is 7.46. The largest absolute Gasteiger partial charge is 0.478 e. The van der Waals surface area contributed by atoms with E-state index in [9.17, 15) is 9.59 Å². The fourth-order valence-electron chi connectivity index (χ4n) is 2.25. The number of aromatic carboxylic acids is 1. The minimum atomic E-state index is -1.02. The van der Waals surface area contributed by atoms with E-state index in [0.29, 0.717) is 30.7 Å². The number of hydrogen-bond donors (Lipinski definition) is 4. The van der Waals surface area contributed by atoms with Crippen LogP contribution in [0, 0.1) is 0 Å². The molecular formula is C17H20N4O3. The average Bonchev–Trinajstić information content (AvgIpc) is 2.91. The molecule has 0 aliphatic rings. The van der Waals surface area contributed by atoms with Gasteiger partial charge in [0.05, 0.1) is 16.6 Å². The topological polar surface area (TPSA) is 127 Å². The smallest absolute Gasteiger partial charge is 0.335 e. The molecule has 0 aliphatic heterocycles. The molecule has 24 heavy (non-hydrogen) atoms. The summed E-state index contributed by atoms with van der Waals surface area (Å²) in [5, 5.41) is 8.85. The van der Waals surface area contributed by atoms with Gasteiger partial charge in [0.2, 0.25) is 0 Å². The second-order valence-corrected chi connectivity index (χ2v) is 5.10. The molecule has 126 valence electrons. The fourth-order valence-corrected chi connectivity index (χ4v) is 2.25. The molecule has 2 aromatic carbocycles. The van der Waals surface area contributed by atoms with Gasteiger partial charge in [0.25, 0.3) is 0 Å². The molecule has 0 unspecified atom stereocenters. The first kappa shape index (κ1) is 17.5. The van der Waals surface area contributed by atoms with Crippen molar-refractivity contribution in [1.29, 1.82) is 0 Å². The molecule has 0 saturated carbocycles. The molecule has 1 heterocycles.